The van der Waals surface area contributed by atoms with Crippen molar-refractivity contribution in [3.8, 4) is 0 Å². The molecule has 0 saturated carbocycles. The highest BCUT2D eigenvalue weighted by molar-refractivity contribution is 14.1. The number of rotatable bonds is 2. The number of halogens is 2. The zero-order valence-corrected chi connectivity index (χ0v) is 10.2. The van der Waals surface area contributed by atoms with Crippen LogP contribution < -0.4 is 5.32 Å². The fourth-order valence-electron chi connectivity index (χ4n) is 1.19. The Morgan fingerprint density at radius 3 is 3.00 bits per heavy atom. The van der Waals surface area contributed by atoms with Crippen LogP contribution in [0.2, 0.25) is 0 Å². The zero-order valence-electron chi connectivity index (χ0n) is 8.00. The van der Waals surface area contributed by atoms with Crippen LogP contribution in [0.3, 0.4) is 0 Å². The highest BCUT2D eigenvalue weighted by Crippen LogP contribution is 2.15. The molecule has 0 spiro atoms. The van der Waals surface area contributed by atoms with E-state index in [0.717, 1.165) is 0 Å². The van der Waals surface area contributed by atoms with Gasteiger partial charge >= 0.3 is 0 Å². The van der Waals surface area contributed by atoms with Gasteiger partial charge in [0.1, 0.15) is 5.82 Å². The molecule has 2 N–H and O–H groups in total. The molecule has 1 aromatic carbocycles. The number of hydrogen-bond donors (Lipinski definition) is 2. The number of nitrogens with zero attached hydrogens (tertiary/aromatic N) is 1. The van der Waals surface area contributed by atoms with Crippen LogP contribution in [0.25, 0.3) is 0 Å². The van der Waals surface area contributed by atoms with Crippen LogP contribution >= 0.6 is 22.6 Å². The van der Waals surface area contributed by atoms with Gasteiger partial charge in [-0.2, -0.15) is 5.10 Å². The number of benzene rings is 1. The molecule has 16 heavy (non-hydrogen) atoms. The summed E-state index contributed by atoms with van der Waals surface area (Å²) < 4.78 is 13.7. The third-order valence-corrected chi connectivity index (χ3v) is 2.87. The monoisotopic (exact) mass is 331 g/mol. The average Bonchev–Trinajstić information content (AvgIpc) is 2.74. The molecule has 4 nitrogen and oxygen atoms in total. The van der Waals surface area contributed by atoms with Crippen LogP contribution in [-0.2, 0) is 0 Å². The van der Waals surface area contributed by atoms with Crippen molar-refractivity contribution in [1.29, 1.82) is 0 Å². The first kappa shape index (κ1) is 11.1. The van der Waals surface area contributed by atoms with E-state index >= 15 is 0 Å². The van der Waals surface area contributed by atoms with Crippen LogP contribution in [0.1, 0.15) is 10.4 Å². The minimum absolute atomic E-state index is 0.307. The predicted molar refractivity (Wildman–Crippen MR) is 65.7 cm³/mol. The third kappa shape index (κ3) is 2.38. The molecule has 0 aliphatic carbocycles. The Bertz CT molecular complexity index is 513. The smallest absolute Gasteiger partial charge is 0.256 e. The van der Waals surface area contributed by atoms with E-state index in [0.29, 0.717) is 14.8 Å². The minimum Gasteiger partial charge on any atom is -0.319 e. The number of carbonyl (C=O) groups is 1. The van der Waals surface area contributed by atoms with Gasteiger partial charge in [0.05, 0.1) is 17.4 Å². The minimum atomic E-state index is -0.433. The molecule has 6 heteroatoms. The van der Waals surface area contributed by atoms with Gasteiger partial charge < -0.3 is 5.32 Å². The van der Waals surface area contributed by atoms with Crippen molar-refractivity contribution in [2.45, 2.75) is 0 Å². The summed E-state index contributed by atoms with van der Waals surface area (Å²) >= 11 is 1.98. The molecule has 1 aromatic heterocycles. The molecule has 0 atom stereocenters. The van der Waals surface area contributed by atoms with E-state index in [4.69, 9.17) is 0 Å². The molecule has 2 aromatic rings. The summed E-state index contributed by atoms with van der Waals surface area (Å²) in [5.74, 6) is -0.789. The van der Waals surface area contributed by atoms with Crippen LogP contribution in [-0.4, -0.2) is 16.1 Å². The molecule has 0 bridgehead atoms. The molecule has 82 valence electrons. The lowest BCUT2D eigenvalue weighted by Crippen LogP contribution is -2.13. The number of nitrogens with one attached hydrogen (secondary N) is 2. The molecule has 1 amide bonds. The van der Waals surface area contributed by atoms with E-state index in [1.54, 1.807) is 12.3 Å². The number of aromatic amines is 1. The summed E-state index contributed by atoms with van der Waals surface area (Å²) in [6, 6.07) is 4.08. The second kappa shape index (κ2) is 4.60. The molecule has 0 aliphatic heterocycles. The summed E-state index contributed by atoms with van der Waals surface area (Å²) in [4.78, 5) is 11.8. The van der Waals surface area contributed by atoms with Gasteiger partial charge in [0.2, 0.25) is 0 Å². The quantitative estimate of drug-likeness (QED) is 0.831. The van der Waals surface area contributed by atoms with Crippen LogP contribution in [0, 0.1) is 9.39 Å². The molecule has 1 heterocycles. The van der Waals surface area contributed by atoms with Gasteiger partial charge in [0.25, 0.3) is 5.91 Å². The van der Waals surface area contributed by atoms with Gasteiger partial charge in [-0.1, -0.05) is 0 Å². The SMILES string of the molecule is O=C(Nc1cn[nH]c1)c1cc(F)ccc1I. The van der Waals surface area contributed by atoms with E-state index in [1.165, 1.54) is 18.3 Å². The van der Waals surface area contributed by atoms with E-state index in [1.807, 2.05) is 22.6 Å². The van der Waals surface area contributed by atoms with Crippen LogP contribution in [0.15, 0.2) is 30.6 Å². The lowest BCUT2D eigenvalue weighted by Gasteiger charge is -2.04. The van der Waals surface area contributed by atoms with E-state index in [9.17, 15) is 9.18 Å². The maximum absolute atomic E-state index is 13.0. The van der Waals surface area contributed by atoms with Crippen LogP contribution in [0.5, 0.6) is 0 Å². The normalized spacial score (nSPS) is 10.1. The highest BCUT2D eigenvalue weighted by Gasteiger charge is 2.11. The van der Waals surface area contributed by atoms with E-state index < -0.39 is 5.82 Å². The number of hydrogen-bond acceptors (Lipinski definition) is 2. The van der Waals surface area contributed by atoms with Gasteiger partial charge in [-0.05, 0) is 40.8 Å². The first-order valence-electron chi connectivity index (χ1n) is 4.42. The van der Waals surface area contributed by atoms with Crippen molar-refractivity contribution in [2.24, 2.45) is 0 Å². The Hall–Kier alpha value is -1.44. The molecular weight excluding hydrogens is 324 g/mol. The number of carbonyl (C=O) groups excluding carboxylic acids is 1. The van der Waals surface area contributed by atoms with Crippen molar-refractivity contribution >= 4 is 34.2 Å². The molecule has 0 unspecified atom stereocenters. The second-order valence-electron chi connectivity index (χ2n) is 3.07. The van der Waals surface area contributed by atoms with Gasteiger partial charge in [0, 0.05) is 9.77 Å². The fourth-order valence-corrected chi connectivity index (χ4v) is 1.77. The van der Waals surface area contributed by atoms with Crippen LogP contribution in [0.4, 0.5) is 10.1 Å². The van der Waals surface area contributed by atoms with Gasteiger partial charge in [0.15, 0.2) is 0 Å². The largest absolute Gasteiger partial charge is 0.319 e. The second-order valence-corrected chi connectivity index (χ2v) is 4.23. The number of aromatic nitrogens is 2. The average molecular weight is 331 g/mol. The Kier molecular flexibility index (Phi) is 3.18. The molecule has 2 rings (SSSR count). The van der Waals surface area contributed by atoms with Crippen molar-refractivity contribution in [3.05, 3.63) is 45.5 Å². The Balaban J connectivity index is 2.24. The molecule has 0 radical (unpaired) electrons. The first-order chi connectivity index (χ1) is 7.66. The maximum Gasteiger partial charge on any atom is 0.256 e. The fraction of sp³-hybridized carbons (Fsp3) is 0. The summed E-state index contributed by atoms with van der Waals surface area (Å²) in [6.07, 6.45) is 3.02. The maximum atomic E-state index is 13.0. The summed E-state index contributed by atoms with van der Waals surface area (Å²) in [7, 11) is 0. The topological polar surface area (TPSA) is 57.8 Å². The van der Waals surface area contributed by atoms with Crippen molar-refractivity contribution in [2.75, 3.05) is 5.32 Å². The van der Waals surface area contributed by atoms with Gasteiger partial charge in [-0.3, -0.25) is 9.89 Å². The molecule has 0 aliphatic rings. The van der Waals surface area contributed by atoms with E-state index in [-0.39, 0.29) is 5.91 Å². The molecule has 0 fully saturated rings. The Morgan fingerprint density at radius 1 is 1.50 bits per heavy atom. The van der Waals surface area contributed by atoms with Crippen molar-refractivity contribution < 1.29 is 9.18 Å². The highest BCUT2D eigenvalue weighted by atomic mass is 127. The summed E-state index contributed by atoms with van der Waals surface area (Å²) in [5.41, 5.74) is 0.854. The lowest BCUT2D eigenvalue weighted by atomic mass is 10.2. The number of amides is 1. The molecular formula is C10H7FIN3O. The Labute approximate surface area is 104 Å². The van der Waals surface area contributed by atoms with Crippen molar-refractivity contribution in [3.63, 3.8) is 0 Å². The lowest BCUT2D eigenvalue weighted by molar-refractivity contribution is 0.102. The third-order valence-electron chi connectivity index (χ3n) is 1.93. The van der Waals surface area contributed by atoms with Crippen molar-refractivity contribution in [1.82, 2.24) is 10.2 Å². The number of anilines is 1. The van der Waals surface area contributed by atoms with Gasteiger partial charge in [-0.25, -0.2) is 4.39 Å². The summed E-state index contributed by atoms with van der Waals surface area (Å²) in [5, 5.41) is 8.87. The van der Waals surface area contributed by atoms with E-state index in [2.05, 4.69) is 15.5 Å². The standard InChI is InChI=1S/C10H7FIN3O/c11-6-1-2-9(12)8(3-6)10(16)15-7-4-13-14-5-7/h1-5H,(H,13,14)(H,15,16). The Morgan fingerprint density at radius 2 is 2.31 bits per heavy atom. The zero-order chi connectivity index (χ0) is 11.5. The molecule has 0 saturated heterocycles. The predicted octanol–water partition coefficient (Wildman–Crippen LogP) is 2.41. The number of H-pyrrole nitrogens is 1. The summed E-state index contributed by atoms with van der Waals surface area (Å²) in [6.45, 7) is 0. The van der Waals surface area contributed by atoms with Gasteiger partial charge in [-0.15, -0.1) is 0 Å². The first-order valence-corrected chi connectivity index (χ1v) is 5.50.